The van der Waals surface area contributed by atoms with Crippen LogP contribution in [0.15, 0.2) is 18.2 Å². The SMILES string of the molecule is CC(C)[C@@](C)(C#N)NC(=O)COC(=O)c1ccc(Cl)cc1Cl. The van der Waals surface area contributed by atoms with Crippen molar-refractivity contribution >= 4 is 35.1 Å². The van der Waals surface area contributed by atoms with Crippen LogP contribution in [0.3, 0.4) is 0 Å². The van der Waals surface area contributed by atoms with Gasteiger partial charge in [0.05, 0.1) is 16.7 Å². The normalized spacial score (nSPS) is 13.1. The number of benzene rings is 1. The predicted molar refractivity (Wildman–Crippen MR) is 83.7 cm³/mol. The van der Waals surface area contributed by atoms with Gasteiger partial charge in [-0.05, 0) is 31.0 Å². The number of hydrogen-bond donors (Lipinski definition) is 1. The summed E-state index contributed by atoms with van der Waals surface area (Å²) < 4.78 is 4.89. The Balaban J connectivity index is 2.65. The first-order chi connectivity index (χ1) is 10.2. The zero-order chi connectivity index (χ0) is 16.9. The number of carbonyl (C=O) groups is 2. The van der Waals surface area contributed by atoms with Gasteiger partial charge >= 0.3 is 5.97 Å². The molecule has 1 amide bonds. The molecule has 0 aromatic heterocycles. The maximum absolute atomic E-state index is 11.9. The molecule has 7 heteroatoms. The van der Waals surface area contributed by atoms with Crippen molar-refractivity contribution in [2.45, 2.75) is 26.3 Å². The molecule has 1 aromatic rings. The lowest BCUT2D eigenvalue weighted by atomic mass is 9.90. The minimum absolute atomic E-state index is 0.0946. The zero-order valence-corrected chi connectivity index (χ0v) is 14.0. The molecular weight excluding hydrogens is 327 g/mol. The number of nitriles is 1. The highest BCUT2D eigenvalue weighted by atomic mass is 35.5. The van der Waals surface area contributed by atoms with E-state index in [2.05, 4.69) is 5.32 Å². The van der Waals surface area contributed by atoms with Crippen LogP contribution in [0.25, 0.3) is 0 Å². The van der Waals surface area contributed by atoms with Crippen LogP contribution in [0.5, 0.6) is 0 Å². The highest BCUT2D eigenvalue weighted by molar-refractivity contribution is 6.36. The predicted octanol–water partition coefficient (Wildman–Crippen LogP) is 3.20. The van der Waals surface area contributed by atoms with Crippen molar-refractivity contribution in [1.29, 1.82) is 5.26 Å². The van der Waals surface area contributed by atoms with Crippen LogP contribution in [0.4, 0.5) is 0 Å². The molecule has 118 valence electrons. The van der Waals surface area contributed by atoms with Crippen LogP contribution in [0.1, 0.15) is 31.1 Å². The third-order valence-electron chi connectivity index (χ3n) is 3.27. The second-order valence-electron chi connectivity index (χ2n) is 5.22. The van der Waals surface area contributed by atoms with Crippen molar-refractivity contribution in [3.05, 3.63) is 33.8 Å². The molecule has 1 N–H and O–H groups in total. The second kappa shape index (κ2) is 7.48. The van der Waals surface area contributed by atoms with Gasteiger partial charge in [0.2, 0.25) is 0 Å². The highest BCUT2D eigenvalue weighted by Crippen LogP contribution is 2.21. The monoisotopic (exact) mass is 342 g/mol. The van der Waals surface area contributed by atoms with Crippen molar-refractivity contribution in [2.75, 3.05) is 6.61 Å². The lowest BCUT2D eigenvalue weighted by Gasteiger charge is -2.27. The molecule has 1 rings (SSSR count). The molecular formula is C15H16Cl2N2O3. The van der Waals surface area contributed by atoms with Gasteiger partial charge < -0.3 is 10.1 Å². The third-order valence-corrected chi connectivity index (χ3v) is 3.82. The Morgan fingerprint density at radius 2 is 2.05 bits per heavy atom. The summed E-state index contributed by atoms with van der Waals surface area (Å²) in [4.78, 5) is 23.7. The Kier molecular flexibility index (Phi) is 6.21. The van der Waals surface area contributed by atoms with Gasteiger partial charge in [-0.1, -0.05) is 37.0 Å². The van der Waals surface area contributed by atoms with E-state index in [1.54, 1.807) is 6.92 Å². The van der Waals surface area contributed by atoms with Gasteiger partial charge in [0.1, 0.15) is 5.54 Å². The molecule has 5 nitrogen and oxygen atoms in total. The first-order valence-electron chi connectivity index (χ1n) is 6.54. The highest BCUT2D eigenvalue weighted by Gasteiger charge is 2.30. The van der Waals surface area contributed by atoms with Crippen LogP contribution in [-0.2, 0) is 9.53 Å². The van der Waals surface area contributed by atoms with Gasteiger partial charge in [0.15, 0.2) is 6.61 Å². The number of hydrogen-bond acceptors (Lipinski definition) is 4. The molecule has 0 saturated heterocycles. The van der Waals surface area contributed by atoms with E-state index < -0.39 is 24.0 Å². The molecule has 0 unspecified atom stereocenters. The van der Waals surface area contributed by atoms with E-state index in [1.165, 1.54) is 18.2 Å². The maximum atomic E-state index is 11.9. The average Bonchev–Trinajstić information content (AvgIpc) is 2.44. The van der Waals surface area contributed by atoms with Crippen LogP contribution in [-0.4, -0.2) is 24.0 Å². The number of ether oxygens (including phenoxy) is 1. The quantitative estimate of drug-likeness (QED) is 0.833. The van der Waals surface area contributed by atoms with E-state index in [9.17, 15) is 9.59 Å². The fraction of sp³-hybridized carbons (Fsp3) is 0.400. The zero-order valence-electron chi connectivity index (χ0n) is 12.4. The van der Waals surface area contributed by atoms with Crippen molar-refractivity contribution in [1.82, 2.24) is 5.32 Å². The Bertz CT molecular complexity index is 626. The molecule has 0 bridgehead atoms. The van der Waals surface area contributed by atoms with Crippen molar-refractivity contribution in [2.24, 2.45) is 5.92 Å². The molecule has 0 aliphatic carbocycles. The number of rotatable bonds is 5. The fourth-order valence-corrected chi connectivity index (χ4v) is 1.98. The average molecular weight is 343 g/mol. The summed E-state index contributed by atoms with van der Waals surface area (Å²) >= 11 is 11.6. The van der Waals surface area contributed by atoms with Crippen molar-refractivity contribution in [3.63, 3.8) is 0 Å². The number of nitrogens with one attached hydrogen (secondary N) is 1. The Hall–Kier alpha value is -1.77. The molecule has 0 radical (unpaired) electrons. The first kappa shape index (κ1) is 18.3. The summed E-state index contributed by atoms with van der Waals surface area (Å²) in [5.74, 6) is -1.39. The Labute approximate surface area is 139 Å². The van der Waals surface area contributed by atoms with Crippen LogP contribution in [0.2, 0.25) is 10.0 Å². The van der Waals surface area contributed by atoms with E-state index in [-0.39, 0.29) is 16.5 Å². The number of carbonyl (C=O) groups excluding carboxylic acids is 2. The minimum Gasteiger partial charge on any atom is -0.452 e. The molecule has 0 aliphatic rings. The molecule has 0 saturated carbocycles. The van der Waals surface area contributed by atoms with Gasteiger partial charge in [-0.15, -0.1) is 0 Å². The fourth-order valence-electron chi connectivity index (χ4n) is 1.49. The molecule has 0 heterocycles. The smallest absolute Gasteiger partial charge is 0.340 e. The first-order valence-corrected chi connectivity index (χ1v) is 7.29. The molecule has 1 aromatic carbocycles. The minimum atomic E-state index is -1.03. The Morgan fingerprint density at radius 3 is 2.55 bits per heavy atom. The van der Waals surface area contributed by atoms with Gasteiger partial charge in [0, 0.05) is 5.02 Å². The van der Waals surface area contributed by atoms with Gasteiger partial charge in [-0.3, -0.25) is 4.79 Å². The Morgan fingerprint density at radius 1 is 1.41 bits per heavy atom. The molecule has 0 fully saturated rings. The van der Waals surface area contributed by atoms with E-state index in [0.717, 1.165) is 0 Å². The molecule has 0 aliphatic heterocycles. The third kappa shape index (κ3) is 4.62. The summed E-state index contributed by atoms with van der Waals surface area (Å²) in [7, 11) is 0. The van der Waals surface area contributed by atoms with E-state index >= 15 is 0 Å². The molecule has 0 spiro atoms. The topological polar surface area (TPSA) is 79.2 Å². The van der Waals surface area contributed by atoms with Gasteiger partial charge in [0.25, 0.3) is 5.91 Å². The summed E-state index contributed by atoms with van der Waals surface area (Å²) in [6, 6.07) is 6.35. The summed E-state index contributed by atoms with van der Waals surface area (Å²) in [6.07, 6.45) is 0. The standard InChI is InChI=1S/C15H16Cl2N2O3/c1-9(2)15(3,8-18)19-13(20)7-22-14(21)11-5-4-10(16)6-12(11)17/h4-6,9H,7H2,1-3H3,(H,19,20)/t15-/m1/s1. The largest absolute Gasteiger partial charge is 0.452 e. The summed E-state index contributed by atoms with van der Waals surface area (Å²) in [5.41, 5.74) is -0.910. The van der Waals surface area contributed by atoms with Gasteiger partial charge in [-0.25, -0.2) is 4.79 Å². The van der Waals surface area contributed by atoms with E-state index in [4.69, 9.17) is 33.2 Å². The number of halogens is 2. The lowest BCUT2D eigenvalue weighted by Crippen LogP contribution is -2.50. The van der Waals surface area contributed by atoms with Crippen molar-refractivity contribution in [3.8, 4) is 6.07 Å². The molecule has 1 atom stereocenters. The van der Waals surface area contributed by atoms with Crippen LogP contribution < -0.4 is 5.32 Å². The van der Waals surface area contributed by atoms with Gasteiger partial charge in [-0.2, -0.15) is 5.26 Å². The summed E-state index contributed by atoms with van der Waals surface area (Å²) in [5, 5.41) is 12.2. The lowest BCUT2D eigenvalue weighted by molar-refractivity contribution is -0.125. The van der Waals surface area contributed by atoms with E-state index in [0.29, 0.717) is 5.02 Å². The van der Waals surface area contributed by atoms with E-state index in [1.807, 2.05) is 19.9 Å². The maximum Gasteiger partial charge on any atom is 0.340 e. The second-order valence-corrected chi connectivity index (χ2v) is 6.06. The number of esters is 1. The molecule has 22 heavy (non-hydrogen) atoms. The van der Waals surface area contributed by atoms with Crippen molar-refractivity contribution < 1.29 is 14.3 Å². The summed E-state index contributed by atoms with van der Waals surface area (Å²) in [6.45, 7) is 4.72. The van der Waals surface area contributed by atoms with Crippen LogP contribution >= 0.6 is 23.2 Å². The van der Waals surface area contributed by atoms with Crippen LogP contribution in [0, 0.1) is 17.2 Å². The number of amides is 1. The number of nitrogens with zero attached hydrogens (tertiary/aromatic N) is 1.